The SMILES string of the molecule is CC1(C)CO[P@](=S)(NC(=S)NCc2cccnc2)O[C@H]1c1ccc([N+](=O)[O-])cc1. The number of hydrogen-bond donors (Lipinski definition) is 2. The molecule has 0 aliphatic carbocycles. The zero-order chi connectivity index (χ0) is 21.1. The maximum atomic E-state index is 10.9. The van der Waals surface area contributed by atoms with Gasteiger partial charge >= 0.3 is 0 Å². The first-order valence-electron chi connectivity index (χ1n) is 8.81. The Morgan fingerprint density at radius 3 is 2.72 bits per heavy atom. The molecule has 8 nitrogen and oxygen atoms in total. The van der Waals surface area contributed by atoms with Gasteiger partial charge in [0, 0.05) is 36.5 Å². The maximum Gasteiger partial charge on any atom is 0.289 e. The van der Waals surface area contributed by atoms with E-state index in [0.29, 0.717) is 18.3 Å². The quantitative estimate of drug-likeness (QED) is 0.302. The van der Waals surface area contributed by atoms with E-state index in [-0.39, 0.29) is 11.1 Å². The summed E-state index contributed by atoms with van der Waals surface area (Å²) in [5.74, 6) is 0. The van der Waals surface area contributed by atoms with Crippen molar-refractivity contribution < 1.29 is 14.0 Å². The molecule has 1 aliphatic rings. The fourth-order valence-corrected chi connectivity index (χ4v) is 5.82. The highest BCUT2D eigenvalue weighted by Crippen LogP contribution is 2.58. The first kappa shape index (κ1) is 21.7. The minimum atomic E-state index is -2.89. The normalized spacial score (nSPS) is 23.2. The fourth-order valence-electron chi connectivity index (χ4n) is 2.83. The molecule has 0 unspecified atom stereocenters. The summed E-state index contributed by atoms with van der Waals surface area (Å²) in [6.45, 7) is 1.96. The largest absolute Gasteiger partial charge is 0.358 e. The molecule has 2 aromatic rings. The molecule has 1 saturated heterocycles. The summed E-state index contributed by atoms with van der Waals surface area (Å²) in [6, 6.07) is 10.1. The molecule has 29 heavy (non-hydrogen) atoms. The summed E-state index contributed by atoms with van der Waals surface area (Å²) in [5.41, 5.74) is 1.43. The zero-order valence-corrected chi connectivity index (χ0v) is 18.4. The first-order valence-corrected chi connectivity index (χ1v) is 11.9. The molecule has 3 rings (SSSR count). The number of nitro benzene ring substituents is 1. The van der Waals surface area contributed by atoms with Crippen molar-refractivity contribution in [2.45, 2.75) is 26.5 Å². The third-order valence-corrected chi connectivity index (χ3v) is 7.08. The van der Waals surface area contributed by atoms with Gasteiger partial charge in [-0.3, -0.25) is 20.2 Å². The van der Waals surface area contributed by atoms with Gasteiger partial charge in [-0.15, -0.1) is 0 Å². The molecule has 0 saturated carbocycles. The Bertz CT molecular complexity index is 941. The Morgan fingerprint density at radius 2 is 2.10 bits per heavy atom. The van der Waals surface area contributed by atoms with Crippen molar-refractivity contribution >= 4 is 41.5 Å². The third-order valence-electron chi connectivity index (χ3n) is 4.38. The summed E-state index contributed by atoms with van der Waals surface area (Å²) in [4.78, 5) is 14.5. The highest BCUT2D eigenvalue weighted by atomic mass is 32.5. The molecule has 2 atom stereocenters. The van der Waals surface area contributed by atoms with Gasteiger partial charge in [0.25, 0.3) is 12.3 Å². The average Bonchev–Trinajstić information content (AvgIpc) is 2.69. The highest BCUT2D eigenvalue weighted by Gasteiger charge is 2.43. The Hall–Kier alpha value is -1.97. The number of hydrogen-bond acceptors (Lipinski definition) is 7. The van der Waals surface area contributed by atoms with Crippen LogP contribution in [0.2, 0.25) is 0 Å². The van der Waals surface area contributed by atoms with Crippen LogP contribution in [-0.4, -0.2) is 21.6 Å². The topological polar surface area (TPSA) is 98.5 Å². The van der Waals surface area contributed by atoms with Gasteiger partial charge in [0.2, 0.25) is 0 Å². The highest BCUT2D eigenvalue weighted by molar-refractivity contribution is 8.09. The van der Waals surface area contributed by atoms with Gasteiger partial charge in [0.1, 0.15) is 0 Å². The van der Waals surface area contributed by atoms with Gasteiger partial charge in [-0.25, -0.2) is 0 Å². The number of thiocarbonyl (C=S) groups is 1. The van der Waals surface area contributed by atoms with E-state index in [1.54, 1.807) is 24.5 Å². The number of non-ortho nitro benzene ring substituents is 1. The molecule has 1 aromatic carbocycles. The summed E-state index contributed by atoms with van der Waals surface area (Å²) in [5, 5.41) is 17.3. The molecule has 2 heterocycles. The molecule has 1 aliphatic heterocycles. The monoisotopic (exact) mass is 452 g/mol. The van der Waals surface area contributed by atoms with Crippen LogP contribution in [0.3, 0.4) is 0 Å². The lowest BCUT2D eigenvalue weighted by Crippen LogP contribution is -2.40. The lowest BCUT2D eigenvalue weighted by Gasteiger charge is -2.43. The molecule has 0 amide bonds. The van der Waals surface area contributed by atoms with Gasteiger partial charge in [-0.1, -0.05) is 19.9 Å². The summed E-state index contributed by atoms with van der Waals surface area (Å²) >= 11 is 11.0. The Kier molecular flexibility index (Phi) is 6.60. The van der Waals surface area contributed by atoms with Gasteiger partial charge in [0.15, 0.2) is 5.11 Å². The minimum Gasteiger partial charge on any atom is -0.358 e. The van der Waals surface area contributed by atoms with Crippen LogP contribution in [0.5, 0.6) is 0 Å². The number of nitrogens with one attached hydrogen (secondary N) is 2. The van der Waals surface area contributed by atoms with E-state index in [1.807, 2.05) is 26.0 Å². The zero-order valence-electron chi connectivity index (χ0n) is 15.9. The van der Waals surface area contributed by atoms with Gasteiger partial charge in [0.05, 0.1) is 17.6 Å². The lowest BCUT2D eigenvalue weighted by atomic mass is 9.83. The van der Waals surface area contributed by atoms with Crippen LogP contribution in [0, 0.1) is 15.5 Å². The van der Waals surface area contributed by atoms with Crippen molar-refractivity contribution in [3.05, 3.63) is 70.0 Å². The van der Waals surface area contributed by atoms with Gasteiger partial charge in [-0.05, 0) is 53.4 Å². The van der Waals surface area contributed by atoms with E-state index in [4.69, 9.17) is 33.1 Å². The summed E-state index contributed by atoms with van der Waals surface area (Å²) < 4.78 is 12.0. The molecule has 11 heteroatoms. The predicted molar refractivity (Wildman–Crippen MR) is 118 cm³/mol. The predicted octanol–water partition coefficient (Wildman–Crippen LogP) is 3.99. The molecule has 0 spiro atoms. The third kappa shape index (κ3) is 5.55. The molecule has 0 bridgehead atoms. The number of benzene rings is 1. The second kappa shape index (κ2) is 8.81. The van der Waals surface area contributed by atoms with Gasteiger partial charge in [-0.2, -0.15) is 0 Å². The molecule has 1 fully saturated rings. The van der Waals surface area contributed by atoms with Crippen LogP contribution >= 0.6 is 18.9 Å². The lowest BCUT2D eigenvalue weighted by molar-refractivity contribution is -0.384. The van der Waals surface area contributed by atoms with E-state index in [9.17, 15) is 10.1 Å². The van der Waals surface area contributed by atoms with Crippen LogP contribution in [-0.2, 0) is 27.4 Å². The fraction of sp³-hybridized carbons (Fsp3) is 0.333. The average molecular weight is 452 g/mol. The van der Waals surface area contributed by atoms with E-state index in [0.717, 1.165) is 11.1 Å². The minimum absolute atomic E-state index is 0.0250. The Morgan fingerprint density at radius 1 is 1.38 bits per heavy atom. The van der Waals surface area contributed by atoms with Gasteiger partial charge < -0.3 is 14.4 Å². The number of nitro groups is 1. The first-order chi connectivity index (χ1) is 13.7. The molecule has 2 N–H and O–H groups in total. The summed E-state index contributed by atoms with van der Waals surface area (Å²) in [7, 11) is 0. The van der Waals surface area contributed by atoms with E-state index in [2.05, 4.69) is 15.4 Å². The van der Waals surface area contributed by atoms with Crippen molar-refractivity contribution in [3.63, 3.8) is 0 Å². The van der Waals surface area contributed by atoms with E-state index >= 15 is 0 Å². The van der Waals surface area contributed by atoms with E-state index in [1.165, 1.54) is 12.1 Å². The molecular weight excluding hydrogens is 431 g/mol. The maximum absolute atomic E-state index is 10.9. The standard InChI is InChI=1S/C18H21N4O4PS2/c1-18(2)12-25-27(29,21-17(28)20-11-13-4-3-9-19-10-13)26-16(18)14-5-7-15(8-6-14)22(23)24/h3-10,16H,11-12H2,1-2H3,(H2,20,21,28,29)/t16-,27+/m0/s1. The van der Waals surface area contributed by atoms with Crippen molar-refractivity contribution in [1.82, 2.24) is 15.4 Å². The van der Waals surface area contributed by atoms with Crippen LogP contribution in [0.4, 0.5) is 5.69 Å². The van der Waals surface area contributed by atoms with Crippen molar-refractivity contribution in [3.8, 4) is 0 Å². The van der Waals surface area contributed by atoms with E-state index < -0.39 is 17.7 Å². The van der Waals surface area contributed by atoms with Crippen molar-refractivity contribution in [2.24, 2.45) is 5.41 Å². The van der Waals surface area contributed by atoms with Crippen LogP contribution in [0.25, 0.3) is 0 Å². The second-order valence-corrected chi connectivity index (χ2v) is 10.8. The molecule has 154 valence electrons. The Labute approximate surface area is 179 Å². The molecule has 1 aromatic heterocycles. The Balaban J connectivity index is 1.69. The number of pyridine rings is 1. The second-order valence-electron chi connectivity index (χ2n) is 7.25. The van der Waals surface area contributed by atoms with Crippen molar-refractivity contribution in [2.75, 3.05) is 6.61 Å². The van der Waals surface area contributed by atoms with Crippen molar-refractivity contribution in [1.29, 1.82) is 0 Å². The number of aromatic nitrogens is 1. The number of rotatable bonds is 5. The van der Waals surface area contributed by atoms with Crippen LogP contribution < -0.4 is 10.4 Å². The smallest absolute Gasteiger partial charge is 0.289 e. The summed E-state index contributed by atoms with van der Waals surface area (Å²) in [6.07, 6.45) is 3.05. The van der Waals surface area contributed by atoms with Crippen LogP contribution in [0.1, 0.15) is 31.1 Å². The molecule has 0 radical (unpaired) electrons. The molecular formula is C18H21N4O4PS2. The van der Waals surface area contributed by atoms with Crippen LogP contribution in [0.15, 0.2) is 48.8 Å². The number of nitrogens with zero attached hydrogens (tertiary/aromatic N) is 2.